The fourth-order valence-corrected chi connectivity index (χ4v) is 0.913. The van der Waals surface area contributed by atoms with Gasteiger partial charge in [-0.3, -0.25) is 4.90 Å². The van der Waals surface area contributed by atoms with Crippen molar-refractivity contribution < 1.29 is 5.21 Å². The van der Waals surface area contributed by atoms with E-state index < -0.39 is 0 Å². The zero-order chi connectivity index (χ0) is 10.5. The van der Waals surface area contributed by atoms with Gasteiger partial charge in [-0.05, 0) is 25.4 Å². The molecular weight excluding hydrogens is 166 g/mol. The quantitative estimate of drug-likeness (QED) is 0.300. The second-order valence-corrected chi connectivity index (χ2v) is 4.64. The lowest BCUT2D eigenvalue weighted by molar-refractivity contribution is 0.278. The van der Waals surface area contributed by atoms with E-state index >= 15 is 0 Å². The topological polar surface area (TPSA) is 61.8 Å². The van der Waals surface area contributed by atoms with Crippen molar-refractivity contribution in [3.05, 3.63) is 0 Å². The van der Waals surface area contributed by atoms with Crippen LogP contribution in [-0.2, 0) is 0 Å². The molecule has 4 nitrogen and oxygen atoms in total. The molecule has 0 atom stereocenters. The van der Waals surface area contributed by atoms with Crippen LogP contribution in [-0.4, -0.2) is 36.1 Å². The van der Waals surface area contributed by atoms with E-state index in [4.69, 9.17) is 10.9 Å². The van der Waals surface area contributed by atoms with Gasteiger partial charge in [0.05, 0.1) is 6.54 Å². The average molecular weight is 187 g/mol. The van der Waals surface area contributed by atoms with Gasteiger partial charge in [-0.2, -0.15) is 0 Å². The number of rotatable bonds is 4. The highest BCUT2D eigenvalue weighted by atomic mass is 16.4. The van der Waals surface area contributed by atoms with Crippen molar-refractivity contribution in [3.63, 3.8) is 0 Å². The number of hydrogen-bond acceptors (Lipinski definition) is 3. The molecule has 0 saturated carbocycles. The minimum absolute atomic E-state index is 0.261. The van der Waals surface area contributed by atoms with E-state index in [1.807, 2.05) is 11.9 Å². The zero-order valence-electron chi connectivity index (χ0n) is 9.04. The smallest absolute Gasteiger partial charge is 0.153 e. The summed E-state index contributed by atoms with van der Waals surface area (Å²) in [4.78, 5) is 2.04. The monoisotopic (exact) mass is 187 g/mol. The first-order valence-corrected chi connectivity index (χ1v) is 4.50. The molecular formula is C9H21N3O. The molecule has 4 heteroatoms. The molecule has 0 heterocycles. The lowest BCUT2D eigenvalue weighted by atomic mass is 9.92. The number of nitrogens with two attached hydrogens (primary N) is 1. The van der Waals surface area contributed by atoms with E-state index in [0.29, 0.717) is 12.0 Å². The highest BCUT2D eigenvalue weighted by molar-refractivity contribution is 5.81. The Bertz CT molecular complexity index is 172. The van der Waals surface area contributed by atoms with Crippen molar-refractivity contribution in [1.82, 2.24) is 4.90 Å². The summed E-state index contributed by atoms with van der Waals surface area (Å²) in [6, 6.07) is 0. The van der Waals surface area contributed by atoms with E-state index in [1.165, 1.54) is 0 Å². The fourth-order valence-electron chi connectivity index (χ4n) is 0.913. The van der Waals surface area contributed by atoms with E-state index in [0.717, 1.165) is 13.0 Å². The molecule has 3 N–H and O–H groups in total. The number of hydrogen-bond donors (Lipinski definition) is 2. The third kappa shape index (κ3) is 7.59. The summed E-state index contributed by atoms with van der Waals surface area (Å²) in [5.74, 6) is 0.261. The van der Waals surface area contributed by atoms with Crippen LogP contribution in [0.4, 0.5) is 0 Å². The van der Waals surface area contributed by atoms with Crippen LogP contribution < -0.4 is 5.73 Å². The summed E-state index contributed by atoms with van der Waals surface area (Å²) in [5, 5.41) is 11.3. The summed E-state index contributed by atoms with van der Waals surface area (Å²) in [7, 11) is 1.96. The van der Waals surface area contributed by atoms with Gasteiger partial charge in [0.15, 0.2) is 5.84 Å². The maximum atomic E-state index is 8.35. The average Bonchev–Trinajstić information content (AvgIpc) is 1.99. The predicted molar refractivity (Wildman–Crippen MR) is 55.0 cm³/mol. The third-order valence-electron chi connectivity index (χ3n) is 1.80. The van der Waals surface area contributed by atoms with Crippen LogP contribution in [0.5, 0.6) is 0 Å². The molecule has 0 aliphatic carbocycles. The maximum absolute atomic E-state index is 8.35. The van der Waals surface area contributed by atoms with Gasteiger partial charge in [-0.1, -0.05) is 25.9 Å². The van der Waals surface area contributed by atoms with Crippen molar-refractivity contribution >= 4 is 5.84 Å². The molecule has 0 aliphatic rings. The Morgan fingerprint density at radius 2 is 2.00 bits per heavy atom. The molecule has 13 heavy (non-hydrogen) atoms. The lowest BCUT2D eigenvalue weighted by Gasteiger charge is -2.22. The Balaban J connectivity index is 3.70. The number of oxime groups is 1. The number of nitrogens with zero attached hydrogens (tertiary/aromatic N) is 2. The summed E-state index contributed by atoms with van der Waals surface area (Å²) in [6.07, 6.45) is 1.10. The molecule has 0 spiro atoms. The van der Waals surface area contributed by atoms with Gasteiger partial charge in [0, 0.05) is 0 Å². The third-order valence-corrected chi connectivity index (χ3v) is 1.80. The first-order chi connectivity index (χ1) is 5.85. The van der Waals surface area contributed by atoms with Gasteiger partial charge in [-0.25, -0.2) is 0 Å². The van der Waals surface area contributed by atoms with E-state index in [2.05, 4.69) is 25.9 Å². The molecule has 0 aromatic rings. The van der Waals surface area contributed by atoms with Gasteiger partial charge in [-0.15, -0.1) is 0 Å². The predicted octanol–water partition coefficient (Wildman–Crippen LogP) is 1.10. The summed E-state index contributed by atoms with van der Waals surface area (Å²) in [5.41, 5.74) is 5.70. The first kappa shape index (κ1) is 12.2. The van der Waals surface area contributed by atoms with Crippen molar-refractivity contribution in [1.29, 1.82) is 0 Å². The van der Waals surface area contributed by atoms with Crippen LogP contribution in [0.2, 0.25) is 0 Å². The minimum Gasteiger partial charge on any atom is -0.409 e. The molecule has 0 fully saturated rings. The van der Waals surface area contributed by atoms with Crippen LogP contribution in [0.1, 0.15) is 27.2 Å². The van der Waals surface area contributed by atoms with Crippen LogP contribution in [0.25, 0.3) is 0 Å². The van der Waals surface area contributed by atoms with Crippen LogP contribution >= 0.6 is 0 Å². The second-order valence-electron chi connectivity index (χ2n) is 4.64. The Morgan fingerprint density at radius 3 is 2.38 bits per heavy atom. The Kier molecular flexibility index (Phi) is 4.77. The molecule has 0 aliphatic heterocycles. The van der Waals surface area contributed by atoms with Crippen LogP contribution in [0.3, 0.4) is 0 Å². The van der Waals surface area contributed by atoms with Gasteiger partial charge >= 0.3 is 0 Å². The molecule has 0 bridgehead atoms. The Hall–Kier alpha value is -0.770. The van der Waals surface area contributed by atoms with E-state index in [-0.39, 0.29) is 5.84 Å². The molecule has 0 amide bonds. The van der Waals surface area contributed by atoms with Gasteiger partial charge < -0.3 is 10.9 Å². The molecule has 0 saturated heterocycles. The Labute approximate surface area is 80.4 Å². The van der Waals surface area contributed by atoms with Crippen LogP contribution in [0.15, 0.2) is 5.16 Å². The van der Waals surface area contributed by atoms with Gasteiger partial charge in [0.1, 0.15) is 0 Å². The van der Waals surface area contributed by atoms with Crippen molar-refractivity contribution in [2.24, 2.45) is 16.3 Å². The largest absolute Gasteiger partial charge is 0.409 e. The van der Waals surface area contributed by atoms with Crippen molar-refractivity contribution in [3.8, 4) is 0 Å². The second kappa shape index (κ2) is 5.07. The normalized spacial score (nSPS) is 13.8. The molecule has 0 radical (unpaired) electrons. The Morgan fingerprint density at radius 1 is 1.46 bits per heavy atom. The molecule has 0 aromatic carbocycles. The summed E-state index contributed by atoms with van der Waals surface area (Å²) < 4.78 is 0. The van der Waals surface area contributed by atoms with Gasteiger partial charge in [0.2, 0.25) is 0 Å². The van der Waals surface area contributed by atoms with E-state index in [1.54, 1.807) is 0 Å². The van der Waals surface area contributed by atoms with E-state index in [9.17, 15) is 0 Å². The molecule has 0 unspecified atom stereocenters. The van der Waals surface area contributed by atoms with Crippen molar-refractivity contribution in [2.75, 3.05) is 20.1 Å². The number of likely N-dealkylation sites (N-methyl/N-ethyl adjacent to an activating group) is 1. The minimum atomic E-state index is 0.261. The summed E-state index contributed by atoms with van der Waals surface area (Å²) in [6.45, 7) is 8.07. The molecule has 0 rings (SSSR count). The number of amidine groups is 1. The van der Waals surface area contributed by atoms with Crippen molar-refractivity contribution in [2.45, 2.75) is 27.2 Å². The standard InChI is InChI=1S/C9H21N3O/c1-9(2,3)5-6-12(4)7-8(10)11-13/h13H,5-7H2,1-4H3,(H2,10,11). The SMILES string of the molecule is CN(CCC(C)(C)C)CC(N)=NO. The highest BCUT2D eigenvalue weighted by Gasteiger charge is 2.11. The molecule has 78 valence electrons. The van der Waals surface area contributed by atoms with Gasteiger partial charge in [0.25, 0.3) is 0 Å². The zero-order valence-corrected chi connectivity index (χ0v) is 9.04. The van der Waals surface area contributed by atoms with Crippen LogP contribution in [0, 0.1) is 5.41 Å². The molecule has 0 aromatic heterocycles. The first-order valence-electron chi connectivity index (χ1n) is 4.50. The highest BCUT2D eigenvalue weighted by Crippen LogP contribution is 2.18. The lowest BCUT2D eigenvalue weighted by Crippen LogP contribution is -2.33. The summed E-state index contributed by atoms with van der Waals surface area (Å²) >= 11 is 0. The fraction of sp³-hybridized carbons (Fsp3) is 0.889. The maximum Gasteiger partial charge on any atom is 0.153 e.